The van der Waals surface area contributed by atoms with Crippen LogP contribution >= 0.6 is 0 Å². The second-order valence-corrected chi connectivity index (χ2v) is 32.4. The summed E-state index contributed by atoms with van der Waals surface area (Å²) >= 11 is 0. The summed E-state index contributed by atoms with van der Waals surface area (Å²) in [6.45, 7) is 1.80. The van der Waals surface area contributed by atoms with E-state index in [9.17, 15) is 61.0 Å². The first-order chi connectivity index (χ1) is 52.3. The van der Waals surface area contributed by atoms with Gasteiger partial charge in [0.05, 0.1) is 38.6 Å². The monoisotopic (exact) mass is 1530 g/mol. The van der Waals surface area contributed by atoms with E-state index in [1.165, 1.54) is 327 Å². The Hall–Kier alpha value is -1.73. The lowest BCUT2D eigenvalue weighted by atomic mass is 9.96. The minimum atomic E-state index is -1.98. The maximum atomic E-state index is 13.5. The zero-order valence-corrected chi connectivity index (χ0v) is 68.2. The summed E-state index contributed by atoms with van der Waals surface area (Å²) in [7, 11) is 0. The van der Waals surface area contributed by atoms with Gasteiger partial charge in [-0.05, 0) is 44.9 Å². The molecule has 17 atom stereocenters. The van der Waals surface area contributed by atoms with Crippen LogP contribution in [0.2, 0.25) is 0 Å². The molecule has 3 saturated heterocycles. The third-order valence-corrected chi connectivity index (χ3v) is 22.7. The van der Waals surface area contributed by atoms with Gasteiger partial charge in [-0.25, -0.2) is 0 Å². The molecule has 19 heteroatoms. The molecule has 19 nitrogen and oxygen atoms in total. The lowest BCUT2D eigenvalue weighted by Crippen LogP contribution is -2.66. The Morgan fingerprint density at radius 2 is 0.589 bits per heavy atom. The van der Waals surface area contributed by atoms with Gasteiger partial charge < -0.3 is 89.9 Å². The number of unbranched alkanes of at least 4 members (excludes halogenated alkanes) is 56. The van der Waals surface area contributed by atoms with Crippen molar-refractivity contribution in [2.24, 2.45) is 0 Å². The fourth-order valence-electron chi connectivity index (χ4n) is 15.5. The van der Waals surface area contributed by atoms with Gasteiger partial charge in [0.25, 0.3) is 0 Å². The van der Waals surface area contributed by atoms with Gasteiger partial charge in [-0.3, -0.25) is 4.79 Å². The highest BCUT2D eigenvalue weighted by Gasteiger charge is 2.54. The van der Waals surface area contributed by atoms with Crippen LogP contribution in [0.5, 0.6) is 0 Å². The Bertz CT molecular complexity index is 2020. The average molecular weight is 1530 g/mol. The van der Waals surface area contributed by atoms with Crippen LogP contribution in [0, 0.1) is 0 Å². The molecule has 3 aliphatic rings. The Kier molecular flexibility index (Phi) is 63.8. The number of carbonyl (C=O) groups excluding carboxylic acids is 1. The summed E-state index contributed by atoms with van der Waals surface area (Å²) < 4.78 is 34.5. The van der Waals surface area contributed by atoms with Crippen LogP contribution in [0.15, 0.2) is 24.3 Å². The van der Waals surface area contributed by atoms with E-state index in [4.69, 9.17) is 28.4 Å². The lowest BCUT2D eigenvalue weighted by Gasteiger charge is -2.48. The number of hydrogen-bond donors (Lipinski definition) is 12. The highest BCUT2D eigenvalue weighted by Crippen LogP contribution is 2.34. The van der Waals surface area contributed by atoms with Crippen molar-refractivity contribution in [2.75, 3.05) is 26.4 Å². The van der Waals surface area contributed by atoms with Crippen molar-refractivity contribution in [2.45, 2.75) is 503 Å². The molecule has 3 aliphatic heterocycles. The van der Waals surface area contributed by atoms with Crippen LogP contribution in [0.1, 0.15) is 399 Å². The van der Waals surface area contributed by atoms with Gasteiger partial charge in [-0.2, -0.15) is 0 Å². The molecule has 0 aromatic heterocycles. The number of rotatable bonds is 74. The first-order valence-corrected chi connectivity index (χ1v) is 45.1. The van der Waals surface area contributed by atoms with Gasteiger partial charge in [0, 0.05) is 6.42 Å². The lowest BCUT2D eigenvalue weighted by molar-refractivity contribution is -0.379. The van der Waals surface area contributed by atoms with E-state index in [0.29, 0.717) is 6.42 Å². The minimum Gasteiger partial charge on any atom is -0.394 e. The zero-order valence-electron chi connectivity index (χ0n) is 68.2. The number of nitrogens with one attached hydrogen (secondary N) is 1. The van der Waals surface area contributed by atoms with Crippen molar-refractivity contribution in [3.05, 3.63) is 24.3 Å². The first-order valence-electron chi connectivity index (χ1n) is 45.1. The van der Waals surface area contributed by atoms with Crippen molar-refractivity contribution < 1.29 is 89.4 Å². The highest BCUT2D eigenvalue weighted by molar-refractivity contribution is 5.76. The van der Waals surface area contributed by atoms with Crippen molar-refractivity contribution in [3.8, 4) is 0 Å². The van der Waals surface area contributed by atoms with E-state index in [-0.39, 0.29) is 18.9 Å². The summed E-state index contributed by atoms with van der Waals surface area (Å²) in [4.78, 5) is 13.5. The standard InChI is InChI=1S/C88H167NO18/c1-3-5-7-9-11-13-15-17-19-21-23-25-26-27-28-29-30-31-32-33-34-35-36-37-38-39-40-41-42-43-44-46-48-50-52-54-56-58-60-62-64-66-76(94)89-71(72(93)65-63-61-59-57-55-53-51-49-47-45-24-22-20-18-16-14-12-10-8-6-4-2)70-102-86-82(100)79(97)84(74(68-91)104-86)107-88-83(101)80(98)85(75(69-92)105-88)106-87-81(99)78(96)77(95)73(67-90)103-87/h21,23,63,65,71-75,77-88,90-93,95-101H,3-20,22,24-62,64,66-70H2,1-2H3,(H,89,94)/b23-21-,65-63+. The summed E-state index contributed by atoms with van der Waals surface area (Å²) in [5.74, 6) is -0.266. The normalized spacial score (nSPS) is 25.6. The average Bonchev–Trinajstić information content (AvgIpc) is 0.782. The Balaban J connectivity index is 1.28. The number of amides is 1. The number of ether oxygens (including phenoxy) is 6. The summed E-state index contributed by atoms with van der Waals surface area (Å²) in [6.07, 6.45) is 59.2. The van der Waals surface area contributed by atoms with Gasteiger partial charge in [-0.1, -0.05) is 372 Å². The third-order valence-electron chi connectivity index (χ3n) is 22.7. The smallest absolute Gasteiger partial charge is 0.220 e. The molecule has 1 amide bonds. The molecule has 107 heavy (non-hydrogen) atoms. The number of aliphatic hydroxyl groups excluding tert-OH is 11. The van der Waals surface area contributed by atoms with E-state index >= 15 is 0 Å². The van der Waals surface area contributed by atoms with E-state index in [1.807, 2.05) is 6.08 Å². The van der Waals surface area contributed by atoms with Gasteiger partial charge in [0.2, 0.25) is 5.91 Å². The van der Waals surface area contributed by atoms with E-state index in [0.717, 1.165) is 44.9 Å². The van der Waals surface area contributed by atoms with Crippen LogP contribution in [0.3, 0.4) is 0 Å². The van der Waals surface area contributed by atoms with Crippen molar-refractivity contribution >= 4 is 5.91 Å². The molecule has 3 heterocycles. The van der Waals surface area contributed by atoms with Crippen LogP contribution in [-0.4, -0.2) is 193 Å². The number of hydrogen-bond acceptors (Lipinski definition) is 18. The predicted octanol–water partition coefficient (Wildman–Crippen LogP) is 16.9. The fraction of sp³-hybridized carbons (Fsp3) is 0.943. The number of carbonyl (C=O) groups is 1. The first kappa shape index (κ1) is 99.5. The second kappa shape index (κ2) is 68.7. The molecule has 12 N–H and O–H groups in total. The fourth-order valence-corrected chi connectivity index (χ4v) is 15.5. The third kappa shape index (κ3) is 47.7. The molecule has 0 radical (unpaired) electrons. The Labute approximate surface area is 651 Å². The van der Waals surface area contributed by atoms with Crippen LogP contribution < -0.4 is 5.32 Å². The van der Waals surface area contributed by atoms with Crippen LogP contribution in [-0.2, 0) is 33.2 Å². The van der Waals surface area contributed by atoms with Gasteiger partial charge >= 0.3 is 0 Å². The molecular weight excluding hydrogens is 1360 g/mol. The van der Waals surface area contributed by atoms with E-state index in [1.54, 1.807) is 6.08 Å². The van der Waals surface area contributed by atoms with E-state index < -0.39 is 124 Å². The molecule has 0 spiro atoms. The molecule has 3 rings (SSSR count). The molecule has 0 aromatic rings. The summed E-state index contributed by atoms with van der Waals surface area (Å²) in [5.41, 5.74) is 0. The predicted molar refractivity (Wildman–Crippen MR) is 430 cm³/mol. The maximum Gasteiger partial charge on any atom is 0.220 e. The van der Waals surface area contributed by atoms with Gasteiger partial charge in [-0.15, -0.1) is 0 Å². The van der Waals surface area contributed by atoms with Crippen LogP contribution in [0.4, 0.5) is 0 Å². The molecule has 3 fully saturated rings. The van der Waals surface area contributed by atoms with Crippen molar-refractivity contribution in [1.82, 2.24) is 5.32 Å². The SMILES string of the molecule is CCCCCCCCCC/C=C\CCCCCCCCCCCCCCCCCCCCCCCCCCCCCCCC(=O)NC(COC1OC(CO)C(OC2OC(CO)C(OC3OC(CO)C(O)C(O)C3O)C(O)C2O)C(O)C1O)C(O)/C=C/CCCCCCCCCCCCCCCCCCCCC. The summed E-state index contributed by atoms with van der Waals surface area (Å²) in [6, 6.07) is -0.971. The molecule has 0 aliphatic carbocycles. The molecule has 17 unspecified atom stereocenters. The zero-order chi connectivity index (χ0) is 77.4. The quantitative estimate of drug-likeness (QED) is 0.0199. The molecule has 632 valence electrons. The number of allylic oxidation sites excluding steroid dienone is 3. The summed E-state index contributed by atoms with van der Waals surface area (Å²) in [5, 5.41) is 121. The Morgan fingerprint density at radius 1 is 0.327 bits per heavy atom. The topological polar surface area (TPSA) is 307 Å². The molecular formula is C88H167NO18. The largest absolute Gasteiger partial charge is 0.394 e. The minimum absolute atomic E-state index is 0.249. The molecule has 0 saturated carbocycles. The second-order valence-electron chi connectivity index (χ2n) is 32.4. The highest BCUT2D eigenvalue weighted by atomic mass is 16.8. The van der Waals surface area contributed by atoms with Crippen molar-refractivity contribution in [3.63, 3.8) is 0 Å². The van der Waals surface area contributed by atoms with Gasteiger partial charge in [0.1, 0.15) is 73.2 Å². The molecule has 0 aromatic carbocycles. The number of aliphatic hydroxyl groups is 11. The van der Waals surface area contributed by atoms with Crippen LogP contribution in [0.25, 0.3) is 0 Å². The van der Waals surface area contributed by atoms with Crippen molar-refractivity contribution in [1.29, 1.82) is 0 Å². The van der Waals surface area contributed by atoms with Gasteiger partial charge in [0.15, 0.2) is 18.9 Å². The maximum absolute atomic E-state index is 13.5. The molecule has 0 bridgehead atoms. The Morgan fingerprint density at radius 3 is 0.907 bits per heavy atom. The van der Waals surface area contributed by atoms with E-state index in [2.05, 4.69) is 31.3 Å².